The summed E-state index contributed by atoms with van der Waals surface area (Å²) < 4.78 is 1.19. The lowest BCUT2D eigenvalue weighted by Gasteiger charge is -2.04. The summed E-state index contributed by atoms with van der Waals surface area (Å²) in [5.41, 5.74) is 9.52. The molecule has 4 heteroatoms. The third-order valence-electron chi connectivity index (χ3n) is 3.20. The van der Waals surface area contributed by atoms with E-state index >= 15 is 0 Å². The second kappa shape index (κ2) is 4.19. The molecule has 0 saturated carbocycles. The summed E-state index contributed by atoms with van der Waals surface area (Å²) >= 11 is 5.42. The predicted octanol–water partition coefficient (Wildman–Crippen LogP) is 3.54. The van der Waals surface area contributed by atoms with Crippen LogP contribution in [-0.2, 0) is 6.42 Å². The maximum atomic E-state index is 5.70. The van der Waals surface area contributed by atoms with Crippen LogP contribution in [-0.4, -0.2) is 11.5 Å². The molecule has 0 bridgehead atoms. The number of hydrogen-bond acceptors (Lipinski definition) is 3. The molecule has 2 nitrogen and oxygen atoms in total. The number of benzene rings is 1. The Labute approximate surface area is 113 Å². The van der Waals surface area contributed by atoms with Crippen LogP contribution in [0.1, 0.15) is 28.3 Å². The van der Waals surface area contributed by atoms with Crippen molar-refractivity contribution in [3.05, 3.63) is 38.1 Å². The average Bonchev–Trinajstić information content (AvgIpc) is 2.87. The molecule has 1 aliphatic carbocycles. The first-order valence-electron chi connectivity index (χ1n) is 5.68. The quantitative estimate of drug-likeness (QED) is 0.786. The summed E-state index contributed by atoms with van der Waals surface area (Å²) in [5, 5.41) is 1.17. The van der Waals surface area contributed by atoms with Crippen LogP contribution in [0.15, 0.2) is 22.7 Å². The maximum absolute atomic E-state index is 5.70. The van der Waals surface area contributed by atoms with Crippen LogP contribution < -0.4 is 5.73 Å². The van der Waals surface area contributed by atoms with Crippen LogP contribution in [0, 0.1) is 0 Å². The van der Waals surface area contributed by atoms with Crippen molar-refractivity contribution in [2.75, 3.05) is 6.54 Å². The Morgan fingerprint density at radius 1 is 1.53 bits per heavy atom. The van der Waals surface area contributed by atoms with Crippen molar-refractivity contribution in [1.82, 2.24) is 4.98 Å². The maximum Gasteiger partial charge on any atom is 0.0976 e. The topological polar surface area (TPSA) is 38.9 Å². The molecule has 17 heavy (non-hydrogen) atoms. The van der Waals surface area contributed by atoms with Gasteiger partial charge in [-0.2, -0.15) is 0 Å². The van der Waals surface area contributed by atoms with Gasteiger partial charge in [0.05, 0.1) is 10.7 Å². The van der Waals surface area contributed by atoms with Gasteiger partial charge in [0.25, 0.3) is 0 Å². The third-order valence-corrected chi connectivity index (χ3v) is 5.23. The average molecular weight is 309 g/mol. The molecule has 0 radical (unpaired) electrons. The van der Waals surface area contributed by atoms with Gasteiger partial charge in [0, 0.05) is 33.8 Å². The van der Waals surface area contributed by atoms with Crippen LogP contribution in [0.3, 0.4) is 0 Å². The molecule has 0 fully saturated rings. The van der Waals surface area contributed by atoms with E-state index < -0.39 is 0 Å². The van der Waals surface area contributed by atoms with Crippen molar-refractivity contribution in [2.45, 2.75) is 19.3 Å². The van der Waals surface area contributed by atoms with Crippen LogP contribution in [0.4, 0.5) is 0 Å². The molecule has 2 aromatic rings. The van der Waals surface area contributed by atoms with Crippen molar-refractivity contribution in [3.63, 3.8) is 0 Å². The van der Waals surface area contributed by atoms with Gasteiger partial charge in [-0.3, -0.25) is 0 Å². The van der Waals surface area contributed by atoms with Crippen LogP contribution in [0.5, 0.6) is 0 Å². The van der Waals surface area contributed by atoms with Gasteiger partial charge < -0.3 is 5.73 Å². The zero-order valence-electron chi connectivity index (χ0n) is 9.53. The third kappa shape index (κ3) is 1.75. The molecule has 1 heterocycles. The highest BCUT2D eigenvalue weighted by Gasteiger charge is 2.25. The van der Waals surface area contributed by atoms with E-state index in [1.165, 1.54) is 31.2 Å². The number of nitrogens with zero attached hydrogens (tertiary/aromatic N) is 1. The summed E-state index contributed by atoms with van der Waals surface area (Å²) in [7, 11) is 0. The molecule has 1 unspecified atom stereocenters. The Morgan fingerprint density at radius 2 is 2.35 bits per heavy atom. The van der Waals surface area contributed by atoms with E-state index in [9.17, 15) is 0 Å². The van der Waals surface area contributed by atoms with Gasteiger partial charge >= 0.3 is 0 Å². The van der Waals surface area contributed by atoms with Gasteiger partial charge in [0.15, 0.2) is 0 Å². The van der Waals surface area contributed by atoms with Crippen LogP contribution >= 0.6 is 27.3 Å². The molecular weight excluding hydrogens is 296 g/mol. The van der Waals surface area contributed by atoms with Crippen molar-refractivity contribution in [3.8, 4) is 11.3 Å². The monoisotopic (exact) mass is 308 g/mol. The number of thiazole rings is 1. The number of aromatic nitrogens is 1. The fourth-order valence-electron chi connectivity index (χ4n) is 2.13. The lowest BCUT2D eigenvalue weighted by atomic mass is 10.1. The second-order valence-electron chi connectivity index (χ2n) is 4.40. The van der Waals surface area contributed by atoms with Crippen molar-refractivity contribution >= 4 is 27.3 Å². The van der Waals surface area contributed by atoms with E-state index in [0.29, 0.717) is 12.5 Å². The molecule has 0 spiro atoms. The van der Waals surface area contributed by atoms with Crippen LogP contribution in [0.2, 0.25) is 0 Å². The van der Waals surface area contributed by atoms with Crippen molar-refractivity contribution in [1.29, 1.82) is 0 Å². The normalized spacial score (nSPS) is 14.5. The van der Waals surface area contributed by atoms with Gasteiger partial charge in [0.1, 0.15) is 0 Å². The highest BCUT2D eigenvalue weighted by molar-refractivity contribution is 9.10. The number of hydrogen-bond donors (Lipinski definition) is 1. The molecule has 3 rings (SSSR count). The van der Waals surface area contributed by atoms with Gasteiger partial charge in [0.2, 0.25) is 0 Å². The second-order valence-corrected chi connectivity index (χ2v) is 6.37. The predicted molar refractivity (Wildman–Crippen MR) is 75.5 cm³/mol. The minimum Gasteiger partial charge on any atom is -0.330 e. The minimum atomic E-state index is 0.362. The SMILES string of the molecule is CC(CN)c1nc2c(s1)Cc1c(Br)cccc1-2. The molecule has 1 aromatic carbocycles. The Morgan fingerprint density at radius 3 is 3.12 bits per heavy atom. The molecule has 1 aromatic heterocycles. The summed E-state index contributed by atoms with van der Waals surface area (Å²) in [4.78, 5) is 6.14. The standard InChI is InChI=1S/C13H13BrN2S/c1-7(6-15)13-16-12-8-3-2-4-10(14)9(8)5-11(12)17-13/h2-4,7H,5-6,15H2,1H3. The zero-order valence-corrected chi connectivity index (χ0v) is 11.9. The highest BCUT2D eigenvalue weighted by atomic mass is 79.9. The number of nitrogens with two attached hydrogens (primary N) is 1. The Kier molecular flexibility index (Phi) is 2.81. The molecule has 0 saturated heterocycles. The smallest absolute Gasteiger partial charge is 0.0976 e. The first-order chi connectivity index (χ1) is 8.20. The van der Waals surface area contributed by atoms with E-state index in [4.69, 9.17) is 10.7 Å². The summed E-state index contributed by atoms with van der Waals surface area (Å²) in [6, 6.07) is 6.32. The fraction of sp³-hybridized carbons (Fsp3) is 0.308. The van der Waals surface area contributed by atoms with E-state index in [1.54, 1.807) is 0 Å². The van der Waals surface area contributed by atoms with E-state index in [-0.39, 0.29) is 0 Å². The Bertz CT molecular complexity index is 577. The van der Waals surface area contributed by atoms with Gasteiger partial charge in [-0.15, -0.1) is 11.3 Å². The summed E-state index contributed by atoms with van der Waals surface area (Å²) in [5.74, 6) is 0.362. The zero-order chi connectivity index (χ0) is 12.0. The minimum absolute atomic E-state index is 0.362. The van der Waals surface area contributed by atoms with Gasteiger partial charge in [-0.05, 0) is 11.6 Å². The Balaban J connectivity index is 2.09. The molecular formula is C13H13BrN2S. The molecule has 0 amide bonds. The number of rotatable bonds is 2. The summed E-state index contributed by atoms with van der Waals surface area (Å²) in [6.07, 6.45) is 1.00. The molecule has 88 valence electrons. The molecule has 1 aliphatic rings. The fourth-order valence-corrected chi connectivity index (χ4v) is 3.79. The molecule has 1 atom stereocenters. The summed E-state index contributed by atoms with van der Waals surface area (Å²) in [6.45, 7) is 2.80. The first-order valence-corrected chi connectivity index (χ1v) is 7.29. The van der Waals surface area contributed by atoms with Crippen LogP contribution in [0.25, 0.3) is 11.3 Å². The van der Waals surface area contributed by atoms with E-state index in [1.807, 2.05) is 11.3 Å². The Hall–Kier alpha value is -0.710. The van der Waals surface area contributed by atoms with Gasteiger partial charge in [-0.25, -0.2) is 4.98 Å². The number of fused-ring (bicyclic) bond motifs is 3. The first kappa shape index (κ1) is 11.4. The molecule has 2 N–H and O–H groups in total. The number of halogens is 1. The van der Waals surface area contributed by atoms with Crippen molar-refractivity contribution < 1.29 is 0 Å². The largest absolute Gasteiger partial charge is 0.330 e. The van der Waals surface area contributed by atoms with E-state index in [2.05, 4.69) is 41.1 Å². The lowest BCUT2D eigenvalue weighted by molar-refractivity contribution is 0.767. The van der Waals surface area contributed by atoms with Crippen molar-refractivity contribution in [2.24, 2.45) is 5.73 Å². The van der Waals surface area contributed by atoms with E-state index in [0.717, 1.165) is 6.42 Å². The van der Waals surface area contributed by atoms with Gasteiger partial charge in [-0.1, -0.05) is 35.0 Å². The highest BCUT2D eigenvalue weighted by Crippen LogP contribution is 2.43. The lowest BCUT2D eigenvalue weighted by Crippen LogP contribution is -2.08. The molecule has 0 aliphatic heterocycles.